The minimum absolute atomic E-state index is 0.00240. The first-order valence-corrected chi connectivity index (χ1v) is 8.98. The van der Waals surface area contributed by atoms with Crippen molar-refractivity contribution in [3.63, 3.8) is 0 Å². The van der Waals surface area contributed by atoms with Crippen molar-refractivity contribution in [1.29, 1.82) is 0 Å². The normalized spacial score (nSPS) is 23.6. The molecule has 1 aromatic rings. The van der Waals surface area contributed by atoms with Gasteiger partial charge in [0.05, 0.1) is 5.69 Å². The number of allylic oxidation sites excluding steroid dienone is 2. The lowest BCUT2D eigenvalue weighted by Crippen LogP contribution is -2.39. The lowest BCUT2D eigenvalue weighted by Gasteiger charge is -2.27. The van der Waals surface area contributed by atoms with Gasteiger partial charge >= 0.3 is 5.97 Å². The molecule has 1 fully saturated rings. The number of hydrogen-bond donors (Lipinski definition) is 1. The lowest BCUT2D eigenvalue weighted by molar-refractivity contribution is -0.141. The van der Waals surface area contributed by atoms with E-state index in [1.54, 1.807) is 19.1 Å². The molecule has 1 atom stereocenters. The van der Waals surface area contributed by atoms with Gasteiger partial charge in [-0.15, -0.1) is 0 Å². The van der Waals surface area contributed by atoms with E-state index < -0.39 is 11.6 Å². The van der Waals surface area contributed by atoms with Gasteiger partial charge < -0.3 is 9.84 Å². The maximum absolute atomic E-state index is 13.0. The van der Waals surface area contributed by atoms with Crippen molar-refractivity contribution in [2.75, 3.05) is 0 Å². The molecule has 5 nitrogen and oxygen atoms in total. The first-order valence-electron chi connectivity index (χ1n) is 8.98. The van der Waals surface area contributed by atoms with Gasteiger partial charge in [-0.25, -0.2) is 4.79 Å². The quantitative estimate of drug-likeness (QED) is 0.367. The second kappa shape index (κ2) is 6.90. The molecule has 0 aromatic carbocycles. The smallest absolute Gasteiger partial charge is 0.343 e. The second-order valence-electron chi connectivity index (χ2n) is 6.79. The van der Waals surface area contributed by atoms with Crippen molar-refractivity contribution >= 4 is 23.9 Å². The van der Waals surface area contributed by atoms with Gasteiger partial charge in [0.15, 0.2) is 5.60 Å². The van der Waals surface area contributed by atoms with Crippen molar-refractivity contribution in [3.8, 4) is 0 Å². The number of carbonyl (C=O) groups is 2. The Morgan fingerprint density at radius 2 is 2.12 bits per heavy atom. The predicted molar refractivity (Wildman–Crippen MR) is 99.5 cm³/mol. The molecule has 5 heteroatoms. The van der Waals surface area contributed by atoms with E-state index in [1.165, 1.54) is 6.20 Å². The van der Waals surface area contributed by atoms with Crippen LogP contribution in [0.4, 0.5) is 0 Å². The van der Waals surface area contributed by atoms with E-state index in [9.17, 15) is 14.7 Å². The molecule has 136 valence electrons. The summed E-state index contributed by atoms with van der Waals surface area (Å²) in [5, 5.41) is 10.5. The lowest BCUT2D eigenvalue weighted by atomic mass is 9.78. The Bertz CT molecular complexity index is 863. The number of esters is 1. The highest BCUT2D eigenvalue weighted by Gasteiger charge is 2.54. The van der Waals surface area contributed by atoms with Crippen molar-refractivity contribution in [2.24, 2.45) is 0 Å². The van der Waals surface area contributed by atoms with Crippen molar-refractivity contribution in [3.05, 3.63) is 52.1 Å². The highest BCUT2D eigenvalue weighted by molar-refractivity contribution is 6.17. The molecule has 1 N–H and O–H groups in total. The first kappa shape index (κ1) is 18.1. The number of pyridine rings is 1. The number of rotatable bonds is 5. The molecule has 0 radical (unpaired) electrons. The van der Waals surface area contributed by atoms with E-state index in [0.717, 1.165) is 25.0 Å². The molecule has 1 aliphatic heterocycles. The molecule has 3 rings (SSSR count). The second-order valence-corrected chi connectivity index (χ2v) is 6.79. The summed E-state index contributed by atoms with van der Waals surface area (Å²) < 4.78 is 5.42. The molecule has 2 heterocycles. The van der Waals surface area contributed by atoms with Gasteiger partial charge in [0.2, 0.25) is 5.78 Å². The Labute approximate surface area is 153 Å². The van der Waals surface area contributed by atoms with Gasteiger partial charge in [0.25, 0.3) is 0 Å². The van der Waals surface area contributed by atoms with Crippen molar-refractivity contribution in [1.82, 2.24) is 4.98 Å². The van der Waals surface area contributed by atoms with E-state index in [-0.39, 0.29) is 17.1 Å². The number of aromatic nitrogens is 1. The largest absolute Gasteiger partial charge is 0.511 e. The highest BCUT2D eigenvalue weighted by Crippen LogP contribution is 2.45. The van der Waals surface area contributed by atoms with Gasteiger partial charge in [0.1, 0.15) is 11.3 Å². The summed E-state index contributed by atoms with van der Waals surface area (Å²) >= 11 is 0. The molecule has 0 amide bonds. The zero-order valence-electron chi connectivity index (χ0n) is 15.3. The van der Waals surface area contributed by atoms with Crippen LogP contribution in [0.15, 0.2) is 35.2 Å². The number of nitrogens with zero attached hydrogens (tertiary/aromatic N) is 1. The minimum atomic E-state index is -1.40. The Kier molecular flexibility index (Phi) is 4.81. The van der Waals surface area contributed by atoms with Crippen LogP contribution in [0.3, 0.4) is 0 Å². The van der Waals surface area contributed by atoms with E-state index in [0.29, 0.717) is 23.1 Å². The van der Waals surface area contributed by atoms with Crippen LogP contribution in [0.5, 0.6) is 0 Å². The van der Waals surface area contributed by atoms with Crippen molar-refractivity contribution in [2.45, 2.75) is 52.1 Å². The van der Waals surface area contributed by atoms with E-state index in [2.05, 4.69) is 11.9 Å². The highest BCUT2D eigenvalue weighted by atomic mass is 16.6. The SMILES string of the molecule is C/C=C/c1cc2c(cn1)C(=O)C1(C)OC(=O)/C(=C(\O)CCCCC)C1=C2. The van der Waals surface area contributed by atoms with Crippen LogP contribution in [0.1, 0.15) is 68.1 Å². The number of aliphatic hydroxyl groups excluding tert-OH is 1. The first-order chi connectivity index (χ1) is 12.4. The van der Waals surface area contributed by atoms with Gasteiger partial charge in [-0.3, -0.25) is 9.78 Å². The Morgan fingerprint density at radius 1 is 1.35 bits per heavy atom. The maximum Gasteiger partial charge on any atom is 0.343 e. The number of hydrogen-bond acceptors (Lipinski definition) is 5. The van der Waals surface area contributed by atoms with E-state index in [1.807, 2.05) is 19.1 Å². The standard InChI is InChI=1S/C21H23NO4/c1-4-6-7-9-17(23)18-16-11-13-10-14(8-5-2)22-12-15(13)19(24)21(16,3)26-20(18)25/h5,8,10-12,23H,4,6-7,9H2,1-3H3/b8-5+,18-17-. The summed E-state index contributed by atoms with van der Waals surface area (Å²) in [5.41, 5.74) is 0.995. The van der Waals surface area contributed by atoms with Crippen LogP contribution in [0, 0.1) is 0 Å². The molecule has 1 aromatic heterocycles. The van der Waals surface area contributed by atoms with Crippen LogP contribution >= 0.6 is 0 Å². The van der Waals surface area contributed by atoms with Crippen LogP contribution in [-0.4, -0.2) is 27.4 Å². The summed E-state index contributed by atoms with van der Waals surface area (Å²) in [6, 6.07) is 1.80. The monoisotopic (exact) mass is 353 g/mol. The van der Waals surface area contributed by atoms with Gasteiger partial charge in [-0.1, -0.05) is 25.8 Å². The van der Waals surface area contributed by atoms with E-state index in [4.69, 9.17) is 4.74 Å². The maximum atomic E-state index is 13.0. The summed E-state index contributed by atoms with van der Waals surface area (Å²) in [4.78, 5) is 29.7. The number of ketones is 1. The Balaban J connectivity index is 2.11. The zero-order chi connectivity index (χ0) is 18.9. The molecule has 26 heavy (non-hydrogen) atoms. The zero-order valence-corrected chi connectivity index (χ0v) is 15.3. The molecule has 1 saturated heterocycles. The predicted octanol–water partition coefficient (Wildman–Crippen LogP) is 4.40. The topological polar surface area (TPSA) is 76.5 Å². The van der Waals surface area contributed by atoms with Crippen LogP contribution in [0.2, 0.25) is 0 Å². The molecule has 0 spiro atoms. The van der Waals surface area contributed by atoms with Gasteiger partial charge in [-0.05, 0) is 44.1 Å². The van der Waals surface area contributed by atoms with E-state index >= 15 is 0 Å². The number of ether oxygens (including phenoxy) is 1. The average molecular weight is 353 g/mol. The third-order valence-corrected chi connectivity index (χ3v) is 4.86. The Hall–Kier alpha value is -2.69. The number of fused-ring (bicyclic) bond motifs is 2. The minimum Gasteiger partial charge on any atom is -0.511 e. The average Bonchev–Trinajstić information content (AvgIpc) is 2.86. The van der Waals surface area contributed by atoms with Crippen LogP contribution in [0.25, 0.3) is 12.2 Å². The summed E-state index contributed by atoms with van der Waals surface area (Å²) in [7, 11) is 0. The third-order valence-electron chi connectivity index (χ3n) is 4.86. The number of carbonyl (C=O) groups excluding carboxylic acids is 2. The fraction of sp³-hybridized carbons (Fsp3) is 0.381. The summed E-state index contributed by atoms with van der Waals surface area (Å²) in [6.07, 6.45) is 10.1. The van der Waals surface area contributed by atoms with Gasteiger partial charge in [-0.2, -0.15) is 0 Å². The molecule has 1 unspecified atom stereocenters. The molecule has 1 aliphatic carbocycles. The molecular formula is C21H23NO4. The molecule has 2 aliphatic rings. The Morgan fingerprint density at radius 3 is 2.81 bits per heavy atom. The van der Waals surface area contributed by atoms with Crippen LogP contribution < -0.4 is 0 Å². The molecule has 0 bridgehead atoms. The van der Waals surface area contributed by atoms with Crippen molar-refractivity contribution < 1.29 is 19.4 Å². The number of unbranched alkanes of at least 4 members (excludes halogenated alkanes) is 2. The third kappa shape index (κ3) is 2.87. The van der Waals surface area contributed by atoms with Gasteiger partial charge in [0, 0.05) is 23.8 Å². The fourth-order valence-electron chi connectivity index (χ4n) is 3.43. The summed E-state index contributed by atoms with van der Waals surface area (Å²) in [6.45, 7) is 5.54. The summed E-state index contributed by atoms with van der Waals surface area (Å²) in [5.74, 6) is -0.956. The molecule has 0 saturated carbocycles. The molecular weight excluding hydrogens is 330 g/mol. The number of aliphatic hydroxyl groups is 1. The van der Waals surface area contributed by atoms with Crippen LogP contribution in [-0.2, 0) is 9.53 Å². The fourth-order valence-corrected chi connectivity index (χ4v) is 3.43. The number of Topliss-reactive ketones (excluding diaryl/α,β-unsaturated/α-hetero) is 1.